The zero-order valence-electron chi connectivity index (χ0n) is 29.7. The van der Waals surface area contributed by atoms with Crippen LogP contribution in [0.5, 0.6) is 0 Å². The van der Waals surface area contributed by atoms with E-state index in [9.17, 15) is 0 Å². The summed E-state index contributed by atoms with van der Waals surface area (Å²) in [6, 6.07) is 79.0. The molecule has 0 amide bonds. The van der Waals surface area contributed by atoms with E-state index < -0.39 is 0 Å². The smallest absolute Gasteiger partial charge is 0.0561 e. The molecule has 0 saturated heterocycles. The van der Waals surface area contributed by atoms with Gasteiger partial charge in [-0.1, -0.05) is 152 Å². The van der Waals surface area contributed by atoms with Crippen molar-refractivity contribution in [2.75, 3.05) is 4.90 Å². The first kappa shape index (κ1) is 31.6. The minimum Gasteiger partial charge on any atom is -0.310 e. The third-order valence-electron chi connectivity index (χ3n) is 10.5. The van der Waals surface area contributed by atoms with Gasteiger partial charge in [-0.05, 0) is 111 Å². The molecule has 1 aromatic heterocycles. The van der Waals surface area contributed by atoms with Crippen molar-refractivity contribution in [2.24, 2.45) is 0 Å². The predicted molar refractivity (Wildman–Crippen MR) is 229 cm³/mol. The minimum atomic E-state index is 1.09. The Balaban J connectivity index is 1.22. The largest absolute Gasteiger partial charge is 0.310 e. The maximum atomic E-state index is 2.41. The van der Waals surface area contributed by atoms with Gasteiger partial charge in [0.25, 0.3) is 0 Å². The van der Waals surface area contributed by atoms with Crippen LogP contribution in [0.4, 0.5) is 17.1 Å². The van der Waals surface area contributed by atoms with Gasteiger partial charge in [0.05, 0.1) is 11.0 Å². The normalized spacial score (nSPS) is 11.3. The summed E-state index contributed by atoms with van der Waals surface area (Å²) >= 11 is 0. The summed E-state index contributed by atoms with van der Waals surface area (Å²) in [5, 5.41) is 4.94. The van der Waals surface area contributed by atoms with Crippen LogP contribution in [0.2, 0.25) is 0 Å². The van der Waals surface area contributed by atoms with Crippen molar-refractivity contribution >= 4 is 49.6 Å². The number of para-hydroxylation sites is 2. The highest BCUT2D eigenvalue weighted by Gasteiger charge is 2.19. The summed E-state index contributed by atoms with van der Waals surface area (Å²) in [7, 11) is 0. The SMILES string of the molecule is c1ccc(-c2ccc(N(c3cc(-c4ccccc4)cc(-c4ccc5ccccc5c4)c3)c3ccc4c5ccccc5n(-c5ccccc5)c4c3)cc2)cc1. The minimum absolute atomic E-state index is 1.09. The first-order valence-corrected chi connectivity index (χ1v) is 18.5. The van der Waals surface area contributed by atoms with Gasteiger partial charge in [0.15, 0.2) is 0 Å². The van der Waals surface area contributed by atoms with Crippen molar-refractivity contribution in [3.05, 3.63) is 218 Å². The Morgan fingerprint density at radius 1 is 0.278 bits per heavy atom. The molecule has 0 radical (unpaired) electrons. The van der Waals surface area contributed by atoms with E-state index in [0.29, 0.717) is 0 Å². The Kier molecular flexibility index (Phi) is 7.85. The van der Waals surface area contributed by atoms with Crippen LogP contribution < -0.4 is 4.90 Å². The number of anilines is 3. The maximum Gasteiger partial charge on any atom is 0.0561 e. The summed E-state index contributed by atoms with van der Waals surface area (Å²) in [6.07, 6.45) is 0. The average Bonchev–Trinajstić information content (AvgIpc) is 3.58. The third kappa shape index (κ3) is 5.71. The topological polar surface area (TPSA) is 8.17 Å². The lowest BCUT2D eigenvalue weighted by Crippen LogP contribution is -2.10. The zero-order chi connectivity index (χ0) is 35.8. The van der Waals surface area contributed by atoms with Crippen LogP contribution in [0.1, 0.15) is 0 Å². The van der Waals surface area contributed by atoms with E-state index in [1.54, 1.807) is 0 Å². The molecule has 10 aromatic rings. The number of hydrogen-bond acceptors (Lipinski definition) is 1. The van der Waals surface area contributed by atoms with Gasteiger partial charge in [-0.15, -0.1) is 0 Å². The molecular weight excluding hydrogens is 653 g/mol. The molecule has 0 aliphatic carbocycles. The summed E-state index contributed by atoms with van der Waals surface area (Å²) in [5.74, 6) is 0. The van der Waals surface area contributed by atoms with Gasteiger partial charge in [-0.3, -0.25) is 0 Å². The number of hydrogen-bond donors (Lipinski definition) is 0. The van der Waals surface area contributed by atoms with Gasteiger partial charge < -0.3 is 9.47 Å². The third-order valence-corrected chi connectivity index (χ3v) is 10.5. The second kappa shape index (κ2) is 13.4. The van der Waals surface area contributed by atoms with E-state index in [0.717, 1.165) is 22.7 Å². The summed E-state index contributed by atoms with van der Waals surface area (Å²) in [5.41, 5.74) is 13.9. The molecule has 0 atom stereocenters. The Bertz CT molecular complexity index is 2910. The Labute approximate surface area is 315 Å². The first-order chi connectivity index (χ1) is 26.8. The fourth-order valence-electron chi connectivity index (χ4n) is 7.91. The van der Waals surface area contributed by atoms with Gasteiger partial charge in [-0.2, -0.15) is 0 Å². The lowest BCUT2D eigenvalue weighted by Gasteiger charge is -2.27. The highest BCUT2D eigenvalue weighted by Crippen LogP contribution is 2.43. The highest BCUT2D eigenvalue weighted by molar-refractivity contribution is 6.10. The molecule has 0 unspecified atom stereocenters. The Morgan fingerprint density at radius 3 is 1.56 bits per heavy atom. The van der Waals surface area contributed by atoms with Gasteiger partial charge in [0, 0.05) is 33.5 Å². The van der Waals surface area contributed by atoms with Crippen LogP contribution in [-0.4, -0.2) is 4.57 Å². The van der Waals surface area contributed by atoms with Gasteiger partial charge >= 0.3 is 0 Å². The second-order valence-electron chi connectivity index (χ2n) is 13.8. The van der Waals surface area contributed by atoms with E-state index in [-0.39, 0.29) is 0 Å². The van der Waals surface area contributed by atoms with Gasteiger partial charge in [0.1, 0.15) is 0 Å². The number of nitrogens with zero attached hydrogens (tertiary/aromatic N) is 2. The van der Waals surface area contributed by atoms with E-state index in [4.69, 9.17) is 0 Å². The van der Waals surface area contributed by atoms with Crippen molar-refractivity contribution in [3.63, 3.8) is 0 Å². The molecule has 9 aromatic carbocycles. The predicted octanol–water partition coefficient (Wildman–Crippen LogP) is 14.4. The molecule has 0 saturated carbocycles. The van der Waals surface area contributed by atoms with Gasteiger partial charge in [0.2, 0.25) is 0 Å². The number of fused-ring (bicyclic) bond motifs is 4. The molecule has 0 N–H and O–H groups in total. The summed E-state index contributed by atoms with van der Waals surface area (Å²) in [6.45, 7) is 0. The Morgan fingerprint density at radius 2 is 0.815 bits per heavy atom. The molecule has 54 heavy (non-hydrogen) atoms. The molecular formula is C52H36N2. The summed E-state index contributed by atoms with van der Waals surface area (Å²) < 4.78 is 2.39. The molecule has 254 valence electrons. The molecule has 2 heteroatoms. The second-order valence-corrected chi connectivity index (χ2v) is 13.8. The Hall–Kier alpha value is -7.16. The van der Waals surface area contributed by atoms with E-state index >= 15 is 0 Å². The van der Waals surface area contributed by atoms with Crippen LogP contribution in [0.15, 0.2) is 218 Å². The molecule has 0 aliphatic rings. The number of benzene rings is 9. The summed E-state index contributed by atoms with van der Waals surface area (Å²) in [4.78, 5) is 2.41. The van der Waals surface area contributed by atoms with E-state index in [1.165, 1.54) is 66.0 Å². The zero-order valence-corrected chi connectivity index (χ0v) is 29.7. The number of aromatic nitrogens is 1. The van der Waals surface area contributed by atoms with Crippen LogP contribution >= 0.6 is 0 Å². The molecule has 0 aliphatic heterocycles. The van der Waals surface area contributed by atoms with E-state index in [1.807, 2.05) is 0 Å². The molecule has 1 heterocycles. The fourth-order valence-corrected chi connectivity index (χ4v) is 7.91. The van der Waals surface area contributed by atoms with Crippen molar-refractivity contribution in [3.8, 4) is 39.1 Å². The molecule has 10 rings (SSSR count). The molecule has 2 nitrogen and oxygen atoms in total. The van der Waals surface area contributed by atoms with Crippen LogP contribution in [0.25, 0.3) is 71.6 Å². The van der Waals surface area contributed by atoms with Crippen LogP contribution in [0, 0.1) is 0 Å². The lowest BCUT2D eigenvalue weighted by molar-refractivity contribution is 1.18. The monoisotopic (exact) mass is 688 g/mol. The fraction of sp³-hybridized carbons (Fsp3) is 0. The first-order valence-electron chi connectivity index (χ1n) is 18.5. The standard InChI is InChI=1S/C52H36N2/c1-4-14-37(15-5-1)40-26-28-46(29-27-40)53(47-30-31-50-49-22-12-13-23-51(49)54(52(50)36-47)45-20-8-3-9-21-45)48-34-43(38-16-6-2-7-17-38)33-44(35-48)42-25-24-39-18-10-11-19-41(39)32-42/h1-36H. The van der Waals surface area contributed by atoms with Crippen molar-refractivity contribution in [2.45, 2.75) is 0 Å². The van der Waals surface area contributed by atoms with Crippen LogP contribution in [0.3, 0.4) is 0 Å². The molecule has 0 fully saturated rings. The highest BCUT2D eigenvalue weighted by atomic mass is 15.1. The maximum absolute atomic E-state index is 2.41. The van der Waals surface area contributed by atoms with Crippen molar-refractivity contribution in [1.82, 2.24) is 4.57 Å². The van der Waals surface area contributed by atoms with Gasteiger partial charge in [-0.25, -0.2) is 0 Å². The van der Waals surface area contributed by atoms with Crippen molar-refractivity contribution < 1.29 is 0 Å². The average molecular weight is 689 g/mol. The van der Waals surface area contributed by atoms with Crippen LogP contribution in [-0.2, 0) is 0 Å². The van der Waals surface area contributed by atoms with Crippen molar-refractivity contribution in [1.29, 1.82) is 0 Å². The lowest BCUT2D eigenvalue weighted by atomic mass is 9.95. The quantitative estimate of drug-likeness (QED) is 0.162. The molecule has 0 spiro atoms. The van der Waals surface area contributed by atoms with E-state index in [2.05, 4.69) is 228 Å². The number of rotatable bonds is 7. The molecule has 0 bridgehead atoms.